The maximum Gasteiger partial charge on any atom is 0.275 e. The normalized spacial score (nSPS) is 10.4. The third-order valence-corrected chi connectivity index (χ3v) is 3.37. The second-order valence-electron chi connectivity index (χ2n) is 4.72. The number of aliphatic hydroxyl groups excluding tert-OH is 1. The Balaban J connectivity index is 3.41. The Morgan fingerprint density at radius 1 is 1.35 bits per heavy atom. The third kappa shape index (κ3) is 2.96. The highest BCUT2D eigenvalue weighted by atomic mass is 16.6. The van der Waals surface area contributed by atoms with Gasteiger partial charge in [-0.3, -0.25) is 14.9 Å². The van der Waals surface area contributed by atoms with Crippen LogP contribution in [0.5, 0.6) is 0 Å². The van der Waals surface area contributed by atoms with E-state index in [0.29, 0.717) is 28.8 Å². The predicted octanol–water partition coefficient (Wildman–Crippen LogP) is 1.97. The highest BCUT2D eigenvalue weighted by Gasteiger charge is 2.25. The summed E-state index contributed by atoms with van der Waals surface area (Å²) in [5, 5.41) is 20.1. The summed E-state index contributed by atoms with van der Waals surface area (Å²) >= 11 is 0. The van der Waals surface area contributed by atoms with Gasteiger partial charge in [0.1, 0.15) is 0 Å². The van der Waals surface area contributed by atoms with E-state index in [9.17, 15) is 14.9 Å². The lowest BCUT2D eigenvalue weighted by Crippen LogP contribution is -2.34. The molecule has 0 fully saturated rings. The van der Waals surface area contributed by atoms with Gasteiger partial charge >= 0.3 is 0 Å². The molecule has 1 amide bonds. The fourth-order valence-electron chi connectivity index (χ4n) is 2.47. The number of aryl methyl sites for hydroxylation is 2. The van der Waals surface area contributed by atoms with Gasteiger partial charge in [-0.25, -0.2) is 0 Å². The minimum Gasteiger partial charge on any atom is -0.395 e. The van der Waals surface area contributed by atoms with E-state index in [1.54, 1.807) is 33.8 Å². The van der Waals surface area contributed by atoms with Crippen LogP contribution in [-0.2, 0) is 0 Å². The molecule has 0 atom stereocenters. The van der Waals surface area contributed by atoms with Crippen LogP contribution >= 0.6 is 0 Å². The summed E-state index contributed by atoms with van der Waals surface area (Å²) in [5.74, 6) is -0.278. The monoisotopic (exact) mass is 280 g/mol. The Morgan fingerprint density at radius 3 is 2.40 bits per heavy atom. The van der Waals surface area contributed by atoms with Crippen molar-refractivity contribution in [2.45, 2.75) is 27.7 Å². The molecule has 0 bridgehead atoms. The summed E-state index contributed by atoms with van der Waals surface area (Å²) in [6, 6.07) is 1.66. The van der Waals surface area contributed by atoms with Crippen molar-refractivity contribution < 1.29 is 14.8 Å². The summed E-state index contributed by atoms with van der Waals surface area (Å²) < 4.78 is 0. The van der Waals surface area contributed by atoms with Crippen molar-refractivity contribution in [1.29, 1.82) is 0 Å². The Kier molecular flexibility index (Phi) is 5.21. The first-order valence-corrected chi connectivity index (χ1v) is 6.50. The van der Waals surface area contributed by atoms with Crippen LogP contribution in [0.25, 0.3) is 0 Å². The van der Waals surface area contributed by atoms with Gasteiger partial charge in [-0.1, -0.05) is 0 Å². The minimum atomic E-state index is -0.455. The first-order chi connectivity index (χ1) is 9.34. The summed E-state index contributed by atoms with van der Waals surface area (Å²) in [7, 11) is 0. The Labute approximate surface area is 118 Å². The molecule has 0 heterocycles. The van der Waals surface area contributed by atoms with Gasteiger partial charge in [0.15, 0.2) is 0 Å². The number of benzene rings is 1. The first-order valence-electron chi connectivity index (χ1n) is 6.50. The first kappa shape index (κ1) is 16.1. The minimum absolute atomic E-state index is 0.0148. The summed E-state index contributed by atoms with van der Waals surface area (Å²) in [6.07, 6.45) is 0. The lowest BCUT2D eigenvalue weighted by Gasteiger charge is -2.22. The third-order valence-electron chi connectivity index (χ3n) is 3.37. The molecule has 1 aromatic rings. The summed E-state index contributed by atoms with van der Waals surface area (Å²) in [4.78, 5) is 24.6. The van der Waals surface area contributed by atoms with Crippen molar-refractivity contribution in [2.75, 3.05) is 19.7 Å². The molecule has 0 aliphatic carbocycles. The molecule has 0 aromatic heterocycles. The second kappa shape index (κ2) is 6.47. The Morgan fingerprint density at radius 2 is 1.95 bits per heavy atom. The van der Waals surface area contributed by atoms with Crippen LogP contribution in [0, 0.1) is 30.9 Å². The van der Waals surface area contributed by atoms with Crippen LogP contribution < -0.4 is 0 Å². The number of likely N-dealkylation sites (N-methyl/N-ethyl adjacent to an activating group) is 1. The average Bonchev–Trinajstić information content (AvgIpc) is 2.34. The molecule has 0 aliphatic rings. The molecule has 0 radical (unpaired) electrons. The number of rotatable bonds is 5. The van der Waals surface area contributed by atoms with Gasteiger partial charge < -0.3 is 10.0 Å². The molecular weight excluding hydrogens is 260 g/mol. The lowest BCUT2D eigenvalue weighted by molar-refractivity contribution is -0.386. The number of hydrogen-bond donors (Lipinski definition) is 1. The number of nitro benzene ring substituents is 1. The zero-order valence-electron chi connectivity index (χ0n) is 12.3. The number of aliphatic hydroxyl groups is 1. The molecule has 20 heavy (non-hydrogen) atoms. The molecule has 0 aliphatic heterocycles. The van der Waals surface area contributed by atoms with Gasteiger partial charge in [-0.05, 0) is 39.3 Å². The Hall–Kier alpha value is -1.95. The standard InChI is InChI=1S/C14H20N2O4/c1-5-15(6-7-17)14(18)12-9(2)8-10(3)13(11(12)4)16(19)20/h8,17H,5-7H2,1-4H3. The van der Waals surface area contributed by atoms with E-state index in [4.69, 9.17) is 5.11 Å². The van der Waals surface area contributed by atoms with Crippen molar-refractivity contribution in [3.63, 3.8) is 0 Å². The van der Waals surface area contributed by atoms with Crippen LogP contribution in [0.15, 0.2) is 6.07 Å². The SMILES string of the molecule is CCN(CCO)C(=O)c1c(C)cc(C)c([N+](=O)[O-])c1C. The van der Waals surface area contributed by atoms with E-state index in [2.05, 4.69) is 0 Å². The largest absolute Gasteiger partial charge is 0.395 e. The predicted molar refractivity (Wildman–Crippen MR) is 76.0 cm³/mol. The number of amides is 1. The number of carbonyl (C=O) groups is 1. The fraction of sp³-hybridized carbons (Fsp3) is 0.500. The van der Waals surface area contributed by atoms with Crippen LogP contribution in [0.3, 0.4) is 0 Å². The second-order valence-corrected chi connectivity index (χ2v) is 4.72. The summed E-state index contributed by atoms with van der Waals surface area (Å²) in [6.45, 7) is 7.36. The molecule has 0 saturated carbocycles. The number of nitrogens with zero attached hydrogens (tertiary/aromatic N) is 2. The topological polar surface area (TPSA) is 83.7 Å². The molecule has 6 heteroatoms. The van der Waals surface area contributed by atoms with Gasteiger partial charge in [0.2, 0.25) is 0 Å². The Bertz CT molecular complexity index is 540. The smallest absolute Gasteiger partial charge is 0.275 e. The van der Waals surface area contributed by atoms with E-state index >= 15 is 0 Å². The zero-order chi connectivity index (χ0) is 15.4. The molecule has 1 rings (SSSR count). The number of hydrogen-bond acceptors (Lipinski definition) is 4. The molecule has 1 N–H and O–H groups in total. The van der Waals surface area contributed by atoms with E-state index < -0.39 is 4.92 Å². The molecule has 6 nitrogen and oxygen atoms in total. The van der Waals surface area contributed by atoms with Crippen molar-refractivity contribution in [2.24, 2.45) is 0 Å². The van der Waals surface area contributed by atoms with Gasteiger partial charge in [-0.2, -0.15) is 0 Å². The lowest BCUT2D eigenvalue weighted by atomic mass is 9.96. The van der Waals surface area contributed by atoms with E-state index in [-0.39, 0.29) is 24.7 Å². The van der Waals surface area contributed by atoms with E-state index in [1.165, 1.54) is 4.90 Å². The van der Waals surface area contributed by atoms with E-state index in [1.807, 2.05) is 0 Å². The maximum atomic E-state index is 12.5. The molecule has 0 spiro atoms. The molecule has 0 unspecified atom stereocenters. The average molecular weight is 280 g/mol. The number of carbonyl (C=O) groups excluding carboxylic acids is 1. The number of nitro groups is 1. The zero-order valence-corrected chi connectivity index (χ0v) is 12.3. The van der Waals surface area contributed by atoms with Crippen LogP contribution in [0.2, 0.25) is 0 Å². The molecule has 0 saturated heterocycles. The van der Waals surface area contributed by atoms with Crippen molar-refractivity contribution >= 4 is 11.6 Å². The summed E-state index contributed by atoms with van der Waals surface area (Å²) in [5.41, 5.74) is 1.99. The van der Waals surface area contributed by atoms with Crippen molar-refractivity contribution in [3.8, 4) is 0 Å². The fourth-order valence-corrected chi connectivity index (χ4v) is 2.47. The molecule has 110 valence electrons. The van der Waals surface area contributed by atoms with Gasteiger partial charge in [0.05, 0.1) is 17.1 Å². The highest BCUT2D eigenvalue weighted by Crippen LogP contribution is 2.29. The molecular formula is C14H20N2O4. The van der Waals surface area contributed by atoms with Crippen molar-refractivity contribution in [3.05, 3.63) is 38.4 Å². The quantitative estimate of drug-likeness (QED) is 0.660. The van der Waals surface area contributed by atoms with E-state index in [0.717, 1.165) is 0 Å². The van der Waals surface area contributed by atoms with Crippen LogP contribution in [0.4, 0.5) is 5.69 Å². The highest BCUT2D eigenvalue weighted by molar-refractivity contribution is 5.98. The van der Waals surface area contributed by atoms with Crippen molar-refractivity contribution in [1.82, 2.24) is 4.90 Å². The van der Waals surface area contributed by atoms with Gasteiger partial charge in [-0.15, -0.1) is 0 Å². The van der Waals surface area contributed by atoms with Crippen LogP contribution in [0.1, 0.15) is 34.0 Å². The van der Waals surface area contributed by atoms with Gasteiger partial charge in [0, 0.05) is 24.2 Å². The maximum absolute atomic E-state index is 12.5. The molecule has 1 aromatic carbocycles. The van der Waals surface area contributed by atoms with Gasteiger partial charge in [0.25, 0.3) is 11.6 Å². The van der Waals surface area contributed by atoms with Crippen LogP contribution in [-0.4, -0.2) is 40.5 Å².